The predicted octanol–water partition coefficient (Wildman–Crippen LogP) is 3.68. The van der Waals surface area contributed by atoms with Crippen molar-refractivity contribution in [3.63, 3.8) is 0 Å². The van der Waals surface area contributed by atoms with Gasteiger partial charge >= 0.3 is 0 Å². The van der Waals surface area contributed by atoms with Crippen LogP contribution in [0.3, 0.4) is 0 Å². The van der Waals surface area contributed by atoms with Gasteiger partial charge in [0.25, 0.3) is 20.0 Å². The summed E-state index contributed by atoms with van der Waals surface area (Å²) in [7, 11) is -7.69. The summed E-state index contributed by atoms with van der Waals surface area (Å²) >= 11 is 0. The number of anilines is 2. The lowest BCUT2D eigenvalue weighted by molar-refractivity contribution is 0.587. The maximum Gasteiger partial charge on any atom is 0.263 e. The lowest BCUT2D eigenvalue weighted by atomic mass is 9.87. The van der Waals surface area contributed by atoms with Crippen LogP contribution in [0.15, 0.2) is 70.6 Å². The Morgan fingerprint density at radius 2 is 1.26 bits per heavy atom. The molecular formula is C21H24N4O4S2. The predicted molar refractivity (Wildman–Crippen MR) is 120 cm³/mol. The molecule has 0 fully saturated rings. The minimum atomic E-state index is -3.88. The Bertz CT molecular complexity index is 1280. The van der Waals surface area contributed by atoms with Crippen molar-refractivity contribution in [2.75, 3.05) is 9.44 Å². The molecule has 0 bridgehead atoms. The Labute approximate surface area is 182 Å². The molecule has 31 heavy (non-hydrogen) atoms. The largest absolute Gasteiger partial charge is 0.280 e. The first kappa shape index (κ1) is 22.7. The first-order chi connectivity index (χ1) is 14.4. The van der Waals surface area contributed by atoms with Crippen LogP contribution >= 0.6 is 0 Å². The van der Waals surface area contributed by atoms with Crippen molar-refractivity contribution in [3.05, 3.63) is 72.2 Å². The number of aromatic nitrogens is 2. The maximum atomic E-state index is 12.7. The summed E-state index contributed by atoms with van der Waals surface area (Å²) in [5.41, 5.74) is 1.18. The van der Waals surface area contributed by atoms with Gasteiger partial charge in [-0.05, 0) is 60.4 Å². The van der Waals surface area contributed by atoms with Crippen molar-refractivity contribution >= 4 is 31.6 Å². The van der Waals surface area contributed by atoms with E-state index in [0.717, 1.165) is 5.56 Å². The average molecular weight is 461 g/mol. The van der Waals surface area contributed by atoms with Gasteiger partial charge in [0.15, 0.2) is 0 Å². The van der Waals surface area contributed by atoms with E-state index in [0.29, 0.717) is 5.82 Å². The Morgan fingerprint density at radius 3 is 1.77 bits per heavy atom. The molecule has 0 aliphatic rings. The number of sulfonamides is 2. The molecule has 3 rings (SSSR count). The average Bonchev–Trinajstić information content (AvgIpc) is 2.67. The lowest BCUT2D eigenvalue weighted by Crippen LogP contribution is -2.16. The van der Waals surface area contributed by atoms with Gasteiger partial charge < -0.3 is 0 Å². The van der Waals surface area contributed by atoms with Crippen molar-refractivity contribution in [3.8, 4) is 0 Å². The third-order valence-corrected chi connectivity index (χ3v) is 7.23. The topological polar surface area (TPSA) is 118 Å². The van der Waals surface area contributed by atoms with Gasteiger partial charge in [0, 0.05) is 11.9 Å². The highest BCUT2D eigenvalue weighted by Crippen LogP contribution is 2.25. The second-order valence-electron chi connectivity index (χ2n) is 8.00. The smallest absolute Gasteiger partial charge is 0.263 e. The van der Waals surface area contributed by atoms with Crippen molar-refractivity contribution in [1.82, 2.24) is 9.97 Å². The van der Waals surface area contributed by atoms with Crippen LogP contribution in [0.5, 0.6) is 0 Å². The van der Waals surface area contributed by atoms with Crippen LogP contribution < -0.4 is 9.44 Å². The minimum Gasteiger partial charge on any atom is -0.280 e. The molecule has 0 radical (unpaired) electrons. The summed E-state index contributed by atoms with van der Waals surface area (Å²) in [6, 6.07) is 13.5. The fourth-order valence-corrected chi connectivity index (χ4v) is 4.82. The number of benzene rings is 2. The molecule has 0 aliphatic heterocycles. The van der Waals surface area contributed by atoms with Crippen molar-refractivity contribution < 1.29 is 16.8 Å². The molecule has 0 spiro atoms. The first-order valence-electron chi connectivity index (χ1n) is 9.43. The summed E-state index contributed by atoms with van der Waals surface area (Å²) in [4.78, 5) is 8.03. The van der Waals surface area contributed by atoms with E-state index in [1.807, 2.05) is 20.8 Å². The van der Waals surface area contributed by atoms with Gasteiger partial charge in [0.2, 0.25) is 0 Å². The fourth-order valence-electron chi connectivity index (χ4n) is 2.76. The molecule has 0 aliphatic carbocycles. The molecule has 0 amide bonds. The third kappa shape index (κ3) is 5.59. The van der Waals surface area contributed by atoms with Gasteiger partial charge in [0.05, 0.1) is 9.79 Å². The fraction of sp³-hybridized carbons (Fsp3) is 0.238. The van der Waals surface area contributed by atoms with Crippen molar-refractivity contribution in [2.24, 2.45) is 0 Å². The number of nitrogens with one attached hydrogen (secondary N) is 2. The Balaban J connectivity index is 1.76. The zero-order chi connectivity index (χ0) is 22.9. The van der Waals surface area contributed by atoms with Crippen LogP contribution in [0.1, 0.15) is 32.2 Å². The molecule has 1 aromatic heterocycles. The van der Waals surface area contributed by atoms with Gasteiger partial charge in [-0.1, -0.05) is 32.9 Å². The highest BCUT2D eigenvalue weighted by Gasteiger charge is 2.19. The van der Waals surface area contributed by atoms with E-state index in [1.54, 1.807) is 31.2 Å². The Hall–Kier alpha value is -2.98. The second kappa shape index (κ2) is 8.27. The normalized spacial score (nSPS) is 12.4. The number of hydrogen-bond donors (Lipinski definition) is 2. The third-order valence-electron chi connectivity index (χ3n) is 4.46. The van der Waals surface area contributed by atoms with Crippen molar-refractivity contribution in [1.29, 1.82) is 0 Å². The van der Waals surface area contributed by atoms with Gasteiger partial charge in [-0.3, -0.25) is 9.44 Å². The molecule has 0 atom stereocenters. The molecule has 8 nitrogen and oxygen atoms in total. The molecule has 164 valence electrons. The van der Waals surface area contributed by atoms with Crippen molar-refractivity contribution in [2.45, 2.75) is 42.9 Å². The highest BCUT2D eigenvalue weighted by atomic mass is 32.2. The van der Waals surface area contributed by atoms with Crippen LogP contribution in [-0.2, 0) is 25.5 Å². The van der Waals surface area contributed by atoms with Crippen LogP contribution in [-0.4, -0.2) is 26.8 Å². The quantitative estimate of drug-likeness (QED) is 0.579. The summed E-state index contributed by atoms with van der Waals surface area (Å²) in [6.07, 6.45) is 1.45. The van der Waals surface area contributed by atoms with Gasteiger partial charge in [0.1, 0.15) is 11.6 Å². The highest BCUT2D eigenvalue weighted by molar-refractivity contribution is 7.93. The molecule has 2 aromatic carbocycles. The maximum absolute atomic E-state index is 12.7. The van der Waals surface area contributed by atoms with Crippen LogP contribution in [0.2, 0.25) is 0 Å². The molecule has 2 N–H and O–H groups in total. The molecule has 3 aromatic rings. The van der Waals surface area contributed by atoms with Gasteiger partial charge in [-0.15, -0.1) is 0 Å². The number of hydrogen-bond acceptors (Lipinski definition) is 6. The molecule has 10 heteroatoms. The number of nitrogens with zero attached hydrogens (tertiary/aromatic N) is 2. The zero-order valence-corrected chi connectivity index (χ0v) is 19.3. The lowest BCUT2D eigenvalue weighted by Gasteiger charge is -2.19. The summed E-state index contributed by atoms with van der Waals surface area (Å²) < 4.78 is 55.2. The van der Waals surface area contributed by atoms with E-state index in [-0.39, 0.29) is 26.7 Å². The van der Waals surface area contributed by atoms with E-state index < -0.39 is 20.0 Å². The van der Waals surface area contributed by atoms with Crippen LogP contribution in [0.4, 0.5) is 11.5 Å². The monoisotopic (exact) mass is 460 g/mol. The standard InChI is InChI=1S/C21H24N4O4S2/c1-15-22-14-13-20(23-15)25-31(28,29)19-11-7-17(8-12-19)24-30(26,27)18-9-5-16(6-10-18)21(2,3)4/h5-14,24H,1-4H3,(H,22,23,25). The van der Waals surface area contributed by atoms with Crippen LogP contribution in [0.25, 0.3) is 0 Å². The molecule has 0 saturated heterocycles. The minimum absolute atomic E-state index is 0.0266. The molecule has 1 heterocycles. The van der Waals surface area contributed by atoms with E-state index in [9.17, 15) is 16.8 Å². The summed E-state index contributed by atoms with van der Waals surface area (Å²) in [5, 5.41) is 0. The number of rotatable bonds is 6. The van der Waals surface area contributed by atoms with Crippen LogP contribution in [0, 0.1) is 6.92 Å². The Kier molecular flexibility index (Phi) is 6.06. The second-order valence-corrected chi connectivity index (χ2v) is 11.4. The Morgan fingerprint density at radius 1 is 0.742 bits per heavy atom. The summed E-state index contributed by atoms with van der Waals surface area (Å²) in [5.74, 6) is 0.580. The van der Waals surface area contributed by atoms with E-state index >= 15 is 0 Å². The van der Waals surface area contributed by atoms with E-state index in [4.69, 9.17) is 0 Å². The molecule has 0 unspecified atom stereocenters. The number of aryl methyl sites for hydroxylation is 1. The summed E-state index contributed by atoms with van der Waals surface area (Å²) in [6.45, 7) is 7.79. The van der Waals surface area contributed by atoms with Gasteiger partial charge in [-0.25, -0.2) is 26.8 Å². The molecule has 0 saturated carbocycles. The first-order valence-corrected chi connectivity index (χ1v) is 12.4. The SMILES string of the molecule is Cc1nccc(NS(=O)(=O)c2ccc(NS(=O)(=O)c3ccc(C(C)(C)C)cc3)cc2)n1. The van der Waals surface area contributed by atoms with E-state index in [1.165, 1.54) is 36.5 Å². The molecular weight excluding hydrogens is 436 g/mol. The van der Waals surface area contributed by atoms with Gasteiger partial charge in [-0.2, -0.15) is 0 Å². The van der Waals surface area contributed by atoms with E-state index in [2.05, 4.69) is 19.4 Å². The zero-order valence-electron chi connectivity index (χ0n) is 17.6.